The van der Waals surface area contributed by atoms with E-state index in [2.05, 4.69) is 4.98 Å². The predicted molar refractivity (Wildman–Crippen MR) is 102 cm³/mol. The van der Waals surface area contributed by atoms with Gasteiger partial charge in [0.25, 0.3) is 5.56 Å². The van der Waals surface area contributed by atoms with E-state index < -0.39 is 5.69 Å². The van der Waals surface area contributed by atoms with Crippen LogP contribution < -0.4 is 11.2 Å². The van der Waals surface area contributed by atoms with E-state index >= 15 is 0 Å². The quantitative estimate of drug-likeness (QED) is 0.562. The number of aromatic nitrogens is 3. The summed E-state index contributed by atoms with van der Waals surface area (Å²) in [5.74, 6) is 0. The first kappa shape index (κ1) is 16.0. The SMILES string of the molecule is Cc1cc(-n2c(=O)c3ccccc3n(-c3ccccc3)c2=O)cnc1C. The summed E-state index contributed by atoms with van der Waals surface area (Å²) in [4.78, 5) is 30.7. The molecule has 0 spiro atoms. The molecule has 4 rings (SSSR count). The van der Waals surface area contributed by atoms with E-state index in [1.54, 1.807) is 29.0 Å². The van der Waals surface area contributed by atoms with Crippen LogP contribution in [0.1, 0.15) is 11.3 Å². The number of para-hydroxylation sites is 2. The minimum Gasteiger partial charge on any atom is -0.268 e. The standard InChI is InChI=1S/C21H17N3O2/c1-14-12-17(13-22-15(14)2)24-20(25)18-10-6-7-11-19(18)23(21(24)26)16-8-4-3-5-9-16/h3-13H,1-2H3. The summed E-state index contributed by atoms with van der Waals surface area (Å²) in [7, 11) is 0. The van der Waals surface area contributed by atoms with Crippen LogP contribution in [0, 0.1) is 13.8 Å². The van der Waals surface area contributed by atoms with Crippen molar-refractivity contribution in [3.8, 4) is 11.4 Å². The lowest BCUT2D eigenvalue weighted by atomic mass is 10.2. The highest BCUT2D eigenvalue weighted by Crippen LogP contribution is 2.15. The van der Waals surface area contributed by atoms with Gasteiger partial charge in [-0.2, -0.15) is 0 Å². The Morgan fingerprint density at radius 3 is 2.23 bits per heavy atom. The summed E-state index contributed by atoms with van der Waals surface area (Å²) in [5, 5.41) is 0.481. The third-order valence-corrected chi connectivity index (χ3v) is 4.56. The van der Waals surface area contributed by atoms with Gasteiger partial charge in [-0.15, -0.1) is 0 Å². The van der Waals surface area contributed by atoms with Crippen LogP contribution in [0.4, 0.5) is 0 Å². The van der Waals surface area contributed by atoms with Crippen molar-refractivity contribution in [3.05, 3.63) is 99.0 Å². The molecule has 4 aromatic rings. The van der Waals surface area contributed by atoms with Crippen LogP contribution in [0.15, 0.2) is 76.4 Å². The summed E-state index contributed by atoms with van der Waals surface area (Å²) in [6.45, 7) is 3.80. The lowest BCUT2D eigenvalue weighted by molar-refractivity contribution is 0.828. The first-order valence-corrected chi connectivity index (χ1v) is 8.34. The van der Waals surface area contributed by atoms with Crippen LogP contribution in [-0.2, 0) is 0 Å². The van der Waals surface area contributed by atoms with Gasteiger partial charge in [0, 0.05) is 5.69 Å². The molecule has 0 radical (unpaired) electrons. The average molecular weight is 343 g/mol. The monoisotopic (exact) mass is 343 g/mol. The van der Waals surface area contributed by atoms with E-state index in [1.807, 2.05) is 56.3 Å². The maximum atomic E-state index is 13.3. The van der Waals surface area contributed by atoms with Crippen LogP contribution in [0.2, 0.25) is 0 Å². The van der Waals surface area contributed by atoms with E-state index in [4.69, 9.17) is 0 Å². The zero-order valence-corrected chi connectivity index (χ0v) is 14.5. The molecular weight excluding hydrogens is 326 g/mol. The van der Waals surface area contributed by atoms with Crippen molar-refractivity contribution in [1.29, 1.82) is 0 Å². The summed E-state index contributed by atoms with van der Waals surface area (Å²) in [5.41, 5.74) is 2.80. The Hall–Kier alpha value is -3.47. The molecule has 0 aliphatic heterocycles. The average Bonchev–Trinajstić information content (AvgIpc) is 2.66. The summed E-state index contributed by atoms with van der Waals surface area (Å²) in [6.07, 6.45) is 1.56. The van der Waals surface area contributed by atoms with E-state index in [0.29, 0.717) is 22.3 Å². The molecule has 0 saturated heterocycles. The molecule has 0 amide bonds. The molecule has 0 atom stereocenters. The number of aryl methyl sites for hydroxylation is 2. The van der Waals surface area contributed by atoms with Crippen molar-refractivity contribution >= 4 is 10.9 Å². The molecular formula is C21H17N3O2. The van der Waals surface area contributed by atoms with E-state index in [-0.39, 0.29) is 5.56 Å². The van der Waals surface area contributed by atoms with Gasteiger partial charge in [-0.05, 0) is 49.7 Å². The minimum absolute atomic E-state index is 0.345. The second-order valence-electron chi connectivity index (χ2n) is 6.21. The van der Waals surface area contributed by atoms with E-state index in [1.165, 1.54) is 4.57 Å². The summed E-state index contributed by atoms with van der Waals surface area (Å²) in [6, 6.07) is 18.3. The predicted octanol–water partition coefficient (Wildman–Crippen LogP) is 3.15. The Morgan fingerprint density at radius 1 is 0.808 bits per heavy atom. The van der Waals surface area contributed by atoms with Gasteiger partial charge < -0.3 is 0 Å². The highest BCUT2D eigenvalue weighted by Gasteiger charge is 2.16. The fourth-order valence-corrected chi connectivity index (χ4v) is 3.06. The highest BCUT2D eigenvalue weighted by molar-refractivity contribution is 5.80. The molecule has 2 aromatic carbocycles. The van der Waals surface area contributed by atoms with Crippen molar-refractivity contribution in [2.24, 2.45) is 0 Å². The maximum Gasteiger partial charge on any atom is 0.340 e. The molecule has 5 heteroatoms. The lowest BCUT2D eigenvalue weighted by Crippen LogP contribution is -2.38. The van der Waals surface area contributed by atoms with Crippen LogP contribution in [0.5, 0.6) is 0 Å². The van der Waals surface area contributed by atoms with Crippen LogP contribution >= 0.6 is 0 Å². The highest BCUT2D eigenvalue weighted by atomic mass is 16.2. The molecule has 5 nitrogen and oxygen atoms in total. The largest absolute Gasteiger partial charge is 0.340 e. The summed E-state index contributed by atoms with van der Waals surface area (Å²) < 4.78 is 2.75. The fraction of sp³-hybridized carbons (Fsp3) is 0.0952. The Balaban J connectivity index is 2.17. The number of pyridine rings is 1. The normalized spacial score (nSPS) is 11.0. The zero-order chi connectivity index (χ0) is 18.3. The molecule has 2 heterocycles. The first-order chi connectivity index (χ1) is 12.6. The number of rotatable bonds is 2. The fourth-order valence-electron chi connectivity index (χ4n) is 3.06. The summed E-state index contributed by atoms with van der Waals surface area (Å²) >= 11 is 0. The Kier molecular flexibility index (Phi) is 3.77. The van der Waals surface area contributed by atoms with Gasteiger partial charge >= 0.3 is 5.69 Å². The number of nitrogens with zero attached hydrogens (tertiary/aromatic N) is 3. The number of hydrogen-bond acceptors (Lipinski definition) is 3. The smallest absolute Gasteiger partial charge is 0.268 e. The van der Waals surface area contributed by atoms with Gasteiger partial charge in [0.15, 0.2) is 0 Å². The van der Waals surface area contributed by atoms with Gasteiger partial charge in [0.2, 0.25) is 0 Å². The Bertz CT molecular complexity index is 1240. The molecule has 0 saturated carbocycles. The van der Waals surface area contributed by atoms with Gasteiger partial charge in [0.05, 0.1) is 28.5 Å². The van der Waals surface area contributed by atoms with Crippen molar-refractivity contribution in [1.82, 2.24) is 14.1 Å². The van der Waals surface area contributed by atoms with Crippen LogP contribution in [-0.4, -0.2) is 14.1 Å². The van der Waals surface area contributed by atoms with Gasteiger partial charge in [-0.3, -0.25) is 14.3 Å². The Labute approximate surface area is 149 Å². The van der Waals surface area contributed by atoms with Crippen molar-refractivity contribution in [2.75, 3.05) is 0 Å². The molecule has 0 N–H and O–H groups in total. The van der Waals surface area contributed by atoms with E-state index in [0.717, 1.165) is 11.3 Å². The topological polar surface area (TPSA) is 56.9 Å². The molecule has 0 aliphatic carbocycles. The van der Waals surface area contributed by atoms with Crippen molar-refractivity contribution < 1.29 is 0 Å². The van der Waals surface area contributed by atoms with Gasteiger partial charge in [0.1, 0.15) is 0 Å². The molecule has 26 heavy (non-hydrogen) atoms. The maximum absolute atomic E-state index is 13.3. The second-order valence-corrected chi connectivity index (χ2v) is 6.21. The first-order valence-electron chi connectivity index (χ1n) is 8.34. The minimum atomic E-state index is -0.412. The van der Waals surface area contributed by atoms with Crippen molar-refractivity contribution in [3.63, 3.8) is 0 Å². The zero-order valence-electron chi connectivity index (χ0n) is 14.5. The molecule has 2 aromatic heterocycles. The molecule has 0 unspecified atom stereocenters. The van der Waals surface area contributed by atoms with Crippen LogP contribution in [0.3, 0.4) is 0 Å². The van der Waals surface area contributed by atoms with Crippen molar-refractivity contribution in [2.45, 2.75) is 13.8 Å². The second kappa shape index (κ2) is 6.11. The van der Waals surface area contributed by atoms with E-state index in [9.17, 15) is 9.59 Å². The molecule has 128 valence electrons. The molecule has 0 aliphatic rings. The van der Waals surface area contributed by atoms with Crippen LogP contribution in [0.25, 0.3) is 22.3 Å². The lowest BCUT2D eigenvalue weighted by Gasteiger charge is -2.14. The number of fused-ring (bicyclic) bond motifs is 1. The third-order valence-electron chi connectivity index (χ3n) is 4.56. The Morgan fingerprint density at radius 2 is 1.50 bits per heavy atom. The molecule has 0 bridgehead atoms. The molecule has 0 fully saturated rings. The van der Waals surface area contributed by atoms with Gasteiger partial charge in [-0.1, -0.05) is 30.3 Å². The number of benzene rings is 2. The number of hydrogen-bond donors (Lipinski definition) is 0. The third kappa shape index (κ3) is 2.45. The van der Waals surface area contributed by atoms with Gasteiger partial charge in [-0.25, -0.2) is 9.36 Å².